The predicted octanol–water partition coefficient (Wildman–Crippen LogP) is 1.02. The summed E-state index contributed by atoms with van der Waals surface area (Å²) in [4.78, 5) is 23.5. The van der Waals surface area contributed by atoms with Crippen LogP contribution in [0.4, 0.5) is 4.79 Å². The third kappa shape index (κ3) is 9.57. The summed E-state index contributed by atoms with van der Waals surface area (Å²) in [5.74, 6) is -1.44. The van der Waals surface area contributed by atoms with Gasteiger partial charge in [0.05, 0.1) is 18.2 Å². The van der Waals surface area contributed by atoms with Gasteiger partial charge in [-0.3, -0.25) is 9.35 Å². The lowest BCUT2D eigenvalue weighted by molar-refractivity contribution is -0.133. The third-order valence-electron chi connectivity index (χ3n) is 4.05. The maximum Gasteiger partial charge on any atom is 0.407 e. The fourth-order valence-electron chi connectivity index (χ4n) is 2.49. The van der Waals surface area contributed by atoms with Crippen molar-refractivity contribution in [3.05, 3.63) is 65.7 Å². The molecule has 2 aromatic carbocycles. The number of rotatable bonds is 10. The van der Waals surface area contributed by atoms with E-state index in [-0.39, 0.29) is 18.8 Å². The number of esters is 1. The summed E-state index contributed by atoms with van der Waals surface area (Å²) in [6.07, 6.45) is -3.11. The van der Waals surface area contributed by atoms with Crippen LogP contribution in [0.15, 0.2) is 54.6 Å². The highest BCUT2D eigenvalue weighted by atomic mass is 32.2. The molecule has 1 amide bonds. The van der Waals surface area contributed by atoms with Gasteiger partial charge in [-0.15, -0.1) is 0 Å². The number of aliphatic hydroxyl groups excluding tert-OH is 1. The van der Waals surface area contributed by atoms with Crippen molar-refractivity contribution in [3.8, 4) is 5.75 Å². The van der Waals surface area contributed by atoms with E-state index in [1.54, 1.807) is 24.3 Å². The minimum atomic E-state index is -4.26. The van der Waals surface area contributed by atoms with Gasteiger partial charge in [-0.05, 0) is 29.7 Å². The molecule has 31 heavy (non-hydrogen) atoms. The summed E-state index contributed by atoms with van der Waals surface area (Å²) >= 11 is 0. The second-order valence-corrected chi connectivity index (χ2v) is 8.16. The Morgan fingerprint density at radius 2 is 1.61 bits per heavy atom. The number of alkyl carbamates (subject to hydrolysis) is 1. The molecule has 0 aromatic heterocycles. The molecule has 0 spiro atoms. The van der Waals surface area contributed by atoms with Gasteiger partial charge >= 0.3 is 12.1 Å². The SMILES string of the molecule is O=C(CCS(=O)(=O)O)Oc1ccc(CC(NC(=O)OCc2ccccc2)C(O)O)cc1. The lowest BCUT2D eigenvalue weighted by Crippen LogP contribution is -2.45. The Kier molecular flexibility index (Phi) is 8.94. The van der Waals surface area contributed by atoms with E-state index in [9.17, 15) is 28.2 Å². The maximum atomic E-state index is 12.0. The number of ether oxygens (including phenoxy) is 2. The Morgan fingerprint density at radius 3 is 2.19 bits per heavy atom. The molecular weight excluding hydrogens is 430 g/mol. The molecule has 0 aliphatic rings. The first kappa shape index (κ1) is 24.3. The van der Waals surface area contributed by atoms with E-state index < -0.39 is 46.7 Å². The van der Waals surface area contributed by atoms with Crippen molar-refractivity contribution in [2.75, 3.05) is 5.75 Å². The Labute approximate surface area is 179 Å². The van der Waals surface area contributed by atoms with E-state index >= 15 is 0 Å². The first-order valence-electron chi connectivity index (χ1n) is 9.20. The average Bonchev–Trinajstić information content (AvgIpc) is 2.72. The van der Waals surface area contributed by atoms with Crippen molar-refractivity contribution < 1.29 is 42.2 Å². The van der Waals surface area contributed by atoms with E-state index in [0.717, 1.165) is 5.56 Å². The molecule has 11 heteroatoms. The minimum Gasteiger partial charge on any atom is -0.445 e. The predicted molar refractivity (Wildman–Crippen MR) is 109 cm³/mol. The zero-order valence-corrected chi connectivity index (χ0v) is 17.2. The summed E-state index contributed by atoms with van der Waals surface area (Å²) in [6.45, 7) is 0.0264. The standard InChI is InChI=1S/C20H23NO9S/c22-18(10-11-31(26,27)28)30-16-8-6-14(7-9-16)12-17(19(23)24)21-20(25)29-13-15-4-2-1-3-5-15/h1-9,17,19,23-24H,10-13H2,(H,21,25)(H,26,27,28). The summed E-state index contributed by atoms with van der Waals surface area (Å²) in [5, 5.41) is 21.5. The van der Waals surface area contributed by atoms with Gasteiger partial charge in [-0.1, -0.05) is 42.5 Å². The zero-order valence-electron chi connectivity index (χ0n) is 16.4. The fraction of sp³-hybridized carbons (Fsp3) is 0.300. The van der Waals surface area contributed by atoms with Crippen molar-refractivity contribution >= 4 is 22.2 Å². The quantitative estimate of drug-likeness (QED) is 0.178. The van der Waals surface area contributed by atoms with Gasteiger partial charge in [0.2, 0.25) is 0 Å². The minimum absolute atomic E-state index is 0.0264. The smallest absolute Gasteiger partial charge is 0.407 e. The van der Waals surface area contributed by atoms with Crippen LogP contribution in [0.25, 0.3) is 0 Å². The van der Waals surface area contributed by atoms with Crippen LogP contribution in [-0.2, 0) is 32.7 Å². The lowest BCUT2D eigenvalue weighted by atomic mass is 10.1. The highest BCUT2D eigenvalue weighted by Crippen LogP contribution is 2.15. The van der Waals surface area contributed by atoms with E-state index in [1.807, 2.05) is 6.07 Å². The van der Waals surface area contributed by atoms with Crippen LogP contribution >= 0.6 is 0 Å². The molecule has 1 unspecified atom stereocenters. The largest absolute Gasteiger partial charge is 0.445 e. The molecule has 4 N–H and O–H groups in total. The molecule has 0 saturated carbocycles. The number of amides is 1. The summed E-state index contributed by atoms with van der Waals surface area (Å²) < 4.78 is 40.0. The molecule has 10 nitrogen and oxygen atoms in total. The van der Waals surface area contributed by atoms with Gasteiger partial charge in [-0.25, -0.2) is 4.79 Å². The number of hydrogen-bond acceptors (Lipinski definition) is 8. The average molecular weight is 453 g/mol. The summed E-state index contributed by atoms with van der Waals surface area (Å²) in [5.41, 5.74) is 1.37. The number of carbonyl (C=O) groups is 2. The molecule has 0 radical (unpaired) electrons. The molecular formula is C20H23NO9S. The van der Waals surface area contributed by atoms with Crippen molar-refractivity contribution in [1.29, 1.82) is 0 Å². The van der Waals surface area contributed by atoms with E-state index in [4.69, 9.17) is 14.0 Å². The molecule has 0 aliphatic heterocycles. The summed E-state index contributed by atoms with van der Waals surface area (Å²) in [6, 6.07) is 13.9. The van der Waals surface area contributed by atoms with E-state index in [1.165, 1.54) is 24.3 Å². The number of benzene rings is 2. The number of nitrogens with one attached hydrogen (secondary N) is 1. The van der Waals surface area contributed by atoms with Crippen LogP contribution in [-0.4, -0.2) is 53.3 Å². The van der Waals surface area contributed by atoms with Crippen molar-refractivity contribution in [2.45, 2.75) is 31.8 Å². The Hall–Kier alpha value is -2.99. The molecule has 2 aromatic rings. The summed E-state index contributed by atoms with van der Waals surface area (Å²) in [7, 11) is -4.26. The van der Waals surface area contributed by atoms with Gasteiger partial charge in [0, 0.05) is 0 Å². The van der Waals surface area contributed by atoms with Crippen LogP contribution in [0.1, 0.15) is 17.5 Å². The van der Waals surface area contributed by atoms with Crippen molar-refractivity contribution in [3.63, 3.8) is 0 Å². The van der Waals surface area contributed by atoms with Gasteiger partial charge < -0.3 is 25.0 Å². The highest BCUT2D eigenvalue weighted by Gasteiger charge is 2.21. The second kappa shape index (κ2) is 11.4. The van der Waals surface area contributed by atoms with E-state index in [0.29, 0.717) is 5.56 Å². The number of carbonyl (C=O) groups excluding carboxylic acids is 2. The molecule has 0 fully saturated rings. The van der Waals surface area contributed by atoms with Crippen LogP contribution < -0.4 is 10.1 Å². The second-order valence-electron chi connectivity index (χ2n) is 6.58. The van der Waals surface area contributed by atoms with E-state index in [2.05, 4.69) is 5.32 Å². The Morgan fingerprint density at radius 1 is 0.968 bits per heavy atom. The molecule has 0 heterocycles. The van der Waals surface area contributed by atoms with Crippen molar-refractivity contribution in [2.24, 2.45) is 0 Å². The maximum absolute atomic E-state index is 12.0. The first-order valence-corrected chi connectivity index (χ1v) is 10.8. The molecule has 0 bridgehead atoms. The van der Waals surface area contributed by atoms with Gasteiger partial charge in [0.1, 0.15) is 12.4 Å². The number of hydrogen-bond donors (Lipinski definition) is 4. The fourth-order valence-corrected chi connectivity index (χ4v) is 2.91. The van der Waals surface area contributed by atoms with Crippen LogP contribution in [0.5, 0.6) is 5.75 Å². The van der Waals surface area contributed by atoms with Crippen LogP contribution in [0.2, 0.25) is 0 Å². The molecule has 1 atom stereocenters. The third-order valence-corrected chi connectivity index (χ3v) is 4.77. The molecule has 2 rings (SSSR count). The van der Waals surface area contributed by atoms with Crippen LogP contribution in [0.3, 0.4) is 0 Å². The topological polar surface area (TPSA) is 159 Å². The number of aliphatic hydroxyl groups is 2. The molecule has 168 valence electrons. The van der Waals surface area contributed by atoms with Crippen LogP contribution in [0, 0.1) is 0 Å². The Bertz CT molecular complexity index is 960. The lowest BCUT2D eigenvalue weighted by Gasteiger charge is -2.20. The highest BCUT2D eigenvalue weighted by molar-refractivity contribution is 7.85. The first-order chi connectivity index (χ1) is 14.6. The monoisotopic (exact) mass is 453 g/mol. The Balaban J connectivity index is 1.86. The van der Waals surface area contributed by atoms with Gasteiger partial charge in [0.15, 0.2) is 6.29 Å². The molecule has 0 aliphatic carbocycles. The van der Waals surface area contributed by atoms with Gasteiger partial charge in [-0.2, -0.15) is 8.42 Å². The van der Waals surface area contributed by atoms with Crippen molar-refractivity contribution in [1.82, 2.24) is 5.32 Å². The zero-order chi connectivity index (χ0) is 22.9. The normalized spacial score (nSPS) is 12.3. The molecule has 0 saturated heterocycles. The van der Waals surface area contributed by atoms with Gasteiger partial charge in [0.25, 0.3) is 10.1 Å².